The van der Waals surface area contributed by atoms with E-state index in [2.05, 4.69) is 37.7 Å². The van der Waals surface area contributed by atoms with Crippen LogP contribution in [0.5, 0.6) is 0 Å². The van der Waals surface area contributed by atoms with Crippen LogP contribution in [0.2, 0.25) is 0 Å². The fourth-order valence-electron chi connectivity index (χ4n) is 3.10. The minimum Gasteiger partial charge on any atom is -0.326 e. The molecule has 0 heterocycles. The first-order valence-corrected chi connectivity index (χ1v) is 7.72. The highest BCUT2D eigenvalue weighted by atomic mass is 15.2. The third-order valence-electron chi connectivity index (χ3n) is 4.37. The average molecular weight is 255 g/mol. The second-order valence-corrected chi connectivity index (χ2v) is 6.16. The lowest BCUT2D eigenvalue weighted by Crippen LogP contribution is -2.52. The number of rotatable bonds is 7. The van der Waals surface area contributed by atoms with Crippen molar-refractivity contribution in [1.82, 2.24) is 9.80 Å². The molecule has 0 aromatic heterocycles. The summed E-state index contributed by atoms with van der Waals surface area (Å²) in [5.41, 5.74) is 6.38. The maximum absolute atomic E-state index is 6.38. The van der Waals surface area contributed by atoms with Gasteiger partial charge in [0.05, 0.1) is 0 Å². The number of likely N-dealkylation sites (N-methyl/N-ethyl adjacent to an activating group) is 1. The van der Waals surface area contributed by atoms with Crippen molar-refractivity contribution in [2.45, 2.75) is 58.0 Å². The molecule has 0 aromatic rings. The van der Waals surface area contributed by atoms with Crippen LogP contribution >= 0.6 is 0 Å². The highest BCUT2D eigenvalue weighted by molar-refractivity contribution is 4.89. The monoisotopic (exact) mass is 255 g/mol. The summed E-state index contributed by atoms with van der Waals surface area (Å²) in [5, 5.41) is 0. The number of hydrogen-bond acceptors (Lipinski definition) is 3. The Kier molecular flexibility index (Phi) is 7.20. The van der Waals surface area contributed by atoms with Gasteiger partial charge in [-0.1, -0.05) is 20.3 Å². The first-order valence-electron chi connectivity index (χ1n) is 7.72. The molecule has 1 saturated carbocycles. The normalized spacial score (nSPS) is 29.2. The van der Waals surface area contributed by atoms with Crippen LogP contribution in [0.3, 0.4) is 0 Å². The topological polar surface area (TPSA) is 32.5 Å². The third-order valence-corrected chi connectivity index (χ3v) is 4.37. The van der Waals surface area contributed by atoms with Crippen molar-refractivity contribution in [3.63, 3.8) is 0 Å². The molecular formula is C15H33N3. The molecule has 3 nitrogen and oxygen atoms in total. The maximum Gasteiger partial charge on any atom is 0.0250 e. The first-order chi connectivity index (χ1) is 8.58. The Morgan fingerprint density at radius 1 is 1.06 bits per heavy atom. The molecule has 0 amide bonds. The van der Waals surface area contributed by atoms with Crippen molar-refractivity contribution >= 4 is 0 Å². The quantitative estimate of drug-likeness (QED) is 0.757. The molecule has 3 atom stereocenters. The molecule has 0 spiro atoms. The van der Waals surface area contributed by atoms with Crippen molar-refractivity contribution in [1.29, 1.82) is 0 Å². The summed E-state index contributed by atoms with van der Waals surface area (Å²) in [4.78, 5) is 4.92. The molecule has 0 radical (unpaired) electrons. The lowest BCUT2D eigenvalue weighted by atomic mass is 9.80. The number of nitrogens with two attached hydrogens (primary N) is 1. The minimum atomic E-state index is 0.390. The lowest BCUT2D eigenvalue weighted by molar-refractivity contribution is 0.102. The van der Waals surface area contributed by atoms with Crippen molar-refractivity contribution in [3.05, 3.63) is 0 Å². The van der Waals surface area contributed by atoms with Gasteiger partial charge < -0.3 is 10.6 Å². The summed E-state index contributed by atoms with van der Waals surface area (Å²) in [7, 11) is 4.31. The maximum atomic E-state index is 6.38. The molecule has 0 saturated heterocycles. The molecule has 1 aliphatic carbocycles. The Bertz CT molecular complexity index is 218. The molecule has 108 valence electrons. The second-order valence-electron chi connectivity index (χ2n) is 6.16. The molecule has 1 aliphatic rings. The van der Waals surface area contributed by atoms with Crippen LogP contribution < -0.4 is 5.73 Å². The van der Waals surface area contributed by atoms with E-state index < -0.39 is 0 Å². The summed E-state index contributed by atoms with van der Waals surface area (Å²) >= 11 is 0. The van der Waals surface area contributed by atoms with Gasteiger partial charge in [0.2, 0.25) is 0 Å². The fraction of sp³-hybridized carbons (Fsp3) is 1.00. The fourth-order valence-corrected chi connectivity index (χ4v) is 3.10. The summed E-state index contributed by atoms with van der Waals surface area (Å²) < 4.78 is 0. The van der Waals surface area contributed by atoms with E-state index in [4.69, 9.17) is 5.73 Å². The van der Waals surface area contributed by atoms with Crippen LogP contribution in [0.1, 0.15) is 46.0 Å². The van der Waals surface area contributed by atoms with Gasteiger partial charge in [0.15, 0.2) is 0 Å². The van der Waals surface area contributed by atoms with E-state index >= 15 is 0 Å². The predicted octanol–water partition coefficient (Wildman–Crippen LogP) is 2.17. The molecule has 0 bridgehead atoms. The molecule has 3 heteroatoms. The molecule has 1 rings (SSSR count). The molecule has 18 heavy (non-hydrogen) atoms. The van der Waals surface area contributed by atoms with Crippen LogP contribution in [-0.4, -0.2) is 55.6 Å². The van der Waals surface area contributed by atoms with E-state index in [0.717, 1.165) is 19.0 Å². The minimum absolute atomic E-state index is 0.390. The highest BCUT2D eigenvalue weighted by Crippen LogP contribution is 2.29. The van der Waals surface area contributed by atoms with E-state index in [1.54, 1.807) is 0 Å². The largest absolute Gasteiger partial charge is 0.326 e. The van der Waals surface area contributed by atoms with Crippen molar-refractivity contribution in [2.75, 3.05) is 33.7 Å². The highest BCUT2D eigenvalue weighted by Gasteiger charge is 2.31. The molecule has 3 unspecified atom stereocenters. The smallest absolute Gasteiger partial charge is 0.0250 e. The Balaban J connectivity index is 2.57. The van der Waals surface area contributed by atoms with Gasteiger partial charge >= 0.3 is 0 Å². The average Bonchev–Trinajstić information content (AvgIpc) is 2.35. The van der Waals surface area contributed by atoms with Gasteiger partial charge in [0.1, 0.15) is 0 Å². The summed E-state index contributed by atoms with van der Waals surface area (Å²) in [6.45, 7) is 8.09. The van der Waals surface area contributed by atoms with Crippen LogP contribution in [0.25, 0.3) is 0 Å². The molecule has 1 fully saturated rings. The standard InChI is InChI=1S/C15H33N3/c1-5-9-18(11-10-17(3)4)15-12-13(6-2)7-8-14(15)16/h13-15H,5-12,16H2,1-4H3. The first kappa shape index (κ1) is 15.9. The van der Waals surface area contributed by atoms with E-state index in [1.165, 1.54) is 38.6 Å². The Labute approximate surface area is 114 Å². The summed E-state index contributed by atoms with van der Waals surface area (Å²) in [6.07, 6.45) is 6.41. The Morgan fingerprint density at radius 3 is 2.33 bits per heavy atom. The van der Waals surface area contributed by atoms with Gasteiger partial charge in [-0.2, -0.15) is 0 Å². The Morgan fingerprint density at radius 2 is 1.78 bits per heavy atom. The molecule has 0 aliphatic heterocycles. The molecular weight excluding hydrogens is 222 g/mol. The predicted molar refractivity (Wildman–Crippen MR) is 79.8 cm³/mol. The van der Waals surface area contributed by atoms with E-state index in [9.17, 15) is 0 Å². The zero-order valence-corrected chi connectivity index (χ0v) is 12.9. The van der Waals surface area contributed by atoms with Gasteiger partial charge in [-0.15, -0.1) is 0 Å². The van der Waals surface area contributed by atoms with Crippen LogP contribution in [-0.2, 0) is 0 Å². The zero-order valence-electron chi connectivity index (χ0n) is 12.9. The van der Waals surface area contributed by atoms with Gasteiger partial charge in [0.25, 0.3) is 0 Å². The van der Waals surface area contributed by atoms with Gasteiger partial charge in [0, 0.05) is 25.2 Å². The van der Waals surface area contributed by atoms with Crippen molar-refractivity contribution < 1.29 is 0 Å². The number of nitrogens with zero attached hydrogens (tertiary/aromatic N) is 2. The van der Waals surface area contributed by atoms with Crippen molar-refractivity contribution in [3.8, 4) is 0 Å². The van der Waals surface area contributed by atoms with Gasteiger partial charge in [-0.05, 0) is 52.2 Å². The van der Waals surface area contributed by atoms with Crippen LogP contribution in [0.4, 0.5) is 0 Å². The molecule has 0 aromatic carbocycles. The van der Waals surface area contributed by atoms with E-state index in [-0.39, 0.29) is 0 Å². The van der Waals surface area contributed by atoms with Crippen LogP contribution in [0, 0.1) is 5.92 Å². The molecule has 2 N–H and O–H groups in total. The Hall–Kier alpha value is -0.120. The van der Waals surface area contributed by atoms with Crippen molar-refractivity contribution in [2.24, 2.45) is 11.7 Å². The van der Waals surface area contributed by atoms with E-state index in [1.807, 2.05) is 0 Å². The lowest BCUT2D eigenvalue weighted by Gasteiger charge is -2.41. The second kappa shape index (κ2) is 8.13. The number of hydrogen-bond donors (Lipinski definition) is 1. The summed E-state index contributed by atoms with van der Waals surface area (Å²) in [6, 6.07) is 1.00. The van der Waals surface area contributed by atoms with Gasteiger partial charge in [-0.3, -0.25) is 4.90 Å². The van der Waals surface area contributed by atoms with Gasteiger partial charge in [-0.25, -0.2) is 0 Å². The van der Waals surface area contributed by atoms with Crippen LogP contribution in [0.15, 0.2) is 0 Å². The summed E-state index contributed by atoms with van der Waals surface area (Å²) in [5.74, 6) is 0.897. The zero-order chi connectivity index (χ0) is 13.5. The van der Waals surface area contributed by atoms with E-state index in [0.29, 0.717) is 12.1 Å². The SMILES string of the molecule is CCCN(CCN(C)C)C1CC(CC)CCC1N. The third kappa shape index (κ3) is 4.87.